The maximum absolute atomic E-state index is 10.9. The van der Waals surface area contributed by atoms with Crippen molar-refractivity contribution in [1.82, 2.24) is 0 Å². The van der Waals surface area contributed by atoms with Gasteiger partial charge < -0.3 is 10.8 Å². The third-order valence-corrected chi connectivity index (χ3v) is 2.82. The summed E-state index contributed by atoms with van der Waals surface area (Å²) < 4.78 is 30.6. The van der Waals surface area contributed by atoms with E-state index in [2.05, 4.69) is 12.1 Å². The van der Waals surface area contributed by atoms with Crippen LogP contribution in [0, 0.1) is 12.1 Å². The van der Waals surface area contributed by atoms with E-state index in [-0.39, 0.29) is 5.39 Å². The molecule has 82 valence electrons. The molecule has 0 aromatic heterocycles. The summed E-state index contributed by atoms with van der Waals surface area (Å²) >= 11 is 0. The number of fused-ring (bicyclic) bond motifs is 1. The molecular weight excluding hydrogens is 230 g/mol. The number of phenolic OH excluding ortho intramolecular Hbond substituents is 1. The third kappa shape index (κ3) is 1.80. The summed E-state index contributed by atoms with van der Waals surface area (Å²) in [6, 6.07) is 9.01. The van der Waals surface area contributed by atoms with Crippen molar-refractivity contribution in [3.05, 3.63) is 30.3 Å². The van der Waals surface area contributed by atoms with Gasteiger partial charge in [0, 0.05) is 17.1 Å². The Labute approximate surface area is 91.9 Å². The van der Waals surface area contributed by atoms with Crippen LogP contribution < -0.4 is 5.73 Å². The van der Waals surface area contributed by atoms with Crippen molar-refractivity contribution in [1.29, 1.82) is 0 Å². The first kappa shape index (κ1) is 10.7. The zero-order valence-electron chi connectivity index (χ0n) is 7.93. The minimum atomic E-state index is -4.39. The molecule has 0 aliphatic carbocycles. The van der Waals surface area contributed by atoms with Gasteiger partial charge in [-0.2, -0.15) is 8.42 Å². The lowest BCUT2D eigenvalue weighted by Crippen LogP contribution is -1.98. The van der Waals surface area contributed by atoms with E-state index in [9.17, 15) is 13.5 Å². The van der Waals surface area contributed by atoms with Gasteiger partial charge in [0.2, 0.25) is 0 Å². The van der Waals surface area contributed by atoms with Crippen molar-refractivity contribution in [2.75, 3.05) is 5.73 Å². The largest absolute Gasteiger partial charge is 0.507 e. The average molecular weight is 237 g/mol. The van der Waals surface area contributed by atoms with E-state index in [4.69, 9.17) is 10.3 Å². The third-order valence-electron chi connectivity index (χ3n) is 2.04. The Balaban J connectivity index is 2.84. The highest BCUT2D eigenvalue weighted by Gasteiger charge is 2.13. The quantitative estimate of drug-likeness (QED) is 0.507. The highest BCUT2D eigenvalue weighted by Crippen LogP contribution is 2.28. The molecule has 0 saturated heterocycles. The fourth-order valence-corrected chi connectivity index (χ4v) is 1.83. The predicted molar refractivity (Wildman–Crippen MR) is 57.5 cm³/mol. The highest BCUT2D eigenvalue weighted by atomic mass is 32.2. The molecule has 0 bridgehead atoms. The molecule has 6 heteroatoms. The number of hydrogen-bond acceptors (Lipinski definition) is 4. The van der Waals surface area contributed by atoms with Crippen LogP contribution in [0.4, 0.5) is 5.69 Å². The maximum atomic E-state index is 10.9. The molecular formula is C10H7NO4S. The zero-order chi connectivity index (χ0) is 11.9. The van der Waals surface area contributed by atoms with Gasteiger partial charge >= 0.3 is 0 Å². The van der Waals surface area contributed by atoms with E-state index in [1.165, 1.54) is 18.2 Å². The number of anilines is 1. The molecule has 2 radical (unpaired) electrons. The van der Waals surface area contributed by atoms with Gasteiger partial charge in [-0.25, -0.2) is 0 Å². The van der Waals surface area contributed by atoms with Gasteiger partial charge in [-0.3, -0.25) is 4.55 Å². The fourth-order valence-electron chi connectivity index (χ4n) is 1.33. The van der Waals surface area contributed by atoms with Gasteiger partial charge in [-0.15, -0.1) is 0 Å². The van der Waals surface area contributed by atoms with Crippen LogP contribution in [-0.4, -0.2) is 18.1 Å². The molecule has 2 rings (SSSR count). The van der Waals surface area contributed by atoms with Gasteiger partial charge in [0.05, 0.1) is 6.07 Å². The minimum Gasteiger partial charge on any atom is -0.507 e. The summed E-state index contributed by atoms with van der Waals surface area (Å²) in [5, 5.41) is 10.2. The summed E-state index contributed by atoms with van der Waals surface area (Å²) in [6.07, 6.45) is 0. The molecule has 5 nitrogen and oxygen atoms in total. The van der Waals surface area contributed by atoms with Gasteiger partial charge in [0.15, 0.2) is 0 Å². The molecule has 0 atom stereocenters. The first-order valence-electron chi connectivity index (χ1n) is 4.22. The lowest BCUT2D eigenvalue weighted by Gasteiger charge is -2.04. The monoisotopic (exact) mass is 237 g/mol. The molecule has 16 heavy (non-hydrogen) atoms. The second kappa shape index (κ2) is 3.36. The molecule has 0 aliphatic rings. The molecule has 0 unspecified atom stereocenters. The Bertz CT molecular complexity index is 664. The Morgan fingerprint density at radius 2 is 1.94 bits per heavy atom. The van der Waals surface area contributed by atoms with Crippen molar-refractivity contribution in [2.45, 2.75) is 4.90 Å². The molecule has 4 N–H and O–H groups in total. The van der Waals surface area contributed by atoms with E-state index < -0.39 is 20.8 Å². The molecule has 0 amide bonds. The van der Waals surface area contributed by atoms with Crippen LogP contribution in [0.1, 0.15) is 0 Å². The number of phenols is 1. The number of aromatic hydroxyl groups is 1. The second-order valence-corrected chi connectivity index (χ2v) is 4.59. The molecule has 0 heterocycles. The van der Waals surface area contributed by atoms with Crippen molar-refractivity contribution < 1.29 is 18.1 Å². The van der Waals surface area contributed by atoms with Gasteiger partial charge in [0.1, 0.15) is 10.6 Å². The van der Waals surface area contributed by atoms with E-state index in [0.717, 1.165) is 0 Å². The van der Waals surface area contributed by atoms with Crippen molar-refractivity contribution >= 4 is 26.6 Å². The standard InChI is InChI=1S/C10H7NO4S/c11-7-2-1-6-3-8(16(13,14)15)5-10(12)9(6)4-7/h1-3,12H,11H2,(H,13,14,15). The topological polar surface area (TPSA) is 101 Å². The van der Waals surface area contributed by atoms with Crippen LogP contribution in [0.3, 0.4) is 0 Å². The number of nitrogen functional groups attached to an aromatic ring is 1. The van der Waals surface area contributed by atoms with Gasteiger partial charge in [0.25, 0.3) is 10.1 Å². The van der Waals surface area contributed by atoms with Gasteiger partial charge in [-0.1, -0.05) is 6.07 Å². The highest BCUT2D eigenvalue weighted by molar-refractivity contribution is 7.85. The van der Waals surface area contributed by atoms with Crippen molar-refractivity contribution in [2.24, 2.45) is 0 Å². The molecule has 2 aromatic rings. The summed E-state index contributed by atoms with van der Waals surface area (Å²) in [5.41, 5.74) is 5.78. The Hall–Kier alpha value is -1.79. The SMILES string of the molecule is Nc1[c]c2c(O)[c]c(S(=O)(=O)O)cc2cc1. The summed E-state index contributed by atoms with van der Waals surface area (Å²) in [7, 11) is -4.39. The first-order valence-corrected chi connectivity index (χ1v) is 5.66. The molecule has 0 fully saturated rings. The van der Waals surface area contributed by atoms with E-state index >= 15 is 0 Å². The maximum Gasteiger partial charge on any atom is 0.295 e. The van der Waals surface area contributed by atoms with E-state index in [1.807, 2.05) is 0 Å². The Morgan fingerprint density at radius 1 is 1.25 bits per heavy atom. The lowest BCUT2D eigenvalue weighted by molar-refractivity contribution is 0.469. The number of benzene rings is 2. The second-order valence-electron chi connectivity index (χ2n) is 3.20. The van der Waals surface area contributed by atoms with Crippen LogP contribution in [0.25, 0.3) is 10.8 Å². The summed E-state index contributed by atoms with van der Waals surface area (Å²) in [6.45, 7) is 0. The van der Waals surface area contributed by atoms with Crippen molar-refractivity contribution in [3.63, 3.8) is 0 Å². The zero-order valence-corrected chi connectivity index (χ0v) is 8.75. The molecule has 0 spiro atoms. The Morgan fingerprint density at radius 3 is 2.56 bits per heavy atom. The predicted octanol–water partition coefficient (Wildman–Crippen LogP) is 0.975. The number of hydrogen-bond donors (Lipinski definition) is 3. The first-order chi connectivity index (χ1) is 7.38. The molecule has 0 saturated carbocycles. The van der Waals surface area contributed by atoms with Crippen molar-refractivity contribution in [3.8, 4) is 5.75 Å². The normalized spacial score (nSPS) is 11.8. The molecule has 0 aliphatic heterocycles. The number of rotatable bonds is 1. The molecule has 2 aromatic carbocycles. The average Bonchev–Trinajstić information content (AvgIpc) is 2.17. The summed E-state index contributed by atoms with van der Waals surface area (Å²) in [5.74, 6) is -0.419. The van der Waals surface area contributed by atoms with Crippen LogP contribution in [0.2, 0.25) is 0 Å². The van der Waals surface area contributed by atoms with E-state index in [1.54, 1.807) is 0 Å². The minimum absolute atomic E-state index is 0.257. The van der Waals surface area contributed by atoms with Crippen LogP contribution >= 0.6 is 0 Å². The lowest BCUT2D eigenvalue weighted by atomic mass is 10.1. The number of nitrogens with two attached hydrogens (primary N) is 1. The van der Waals surface area contributed by atoms with Crippen LogP contribution in [0.5, 0.6) is 5.75 Å². The van der Waals surface area contributed by atoms with Gasteiger partial charge in [-0.05, 0) is 17.5 Å². The van der Waals surface area contributed by atoms with Crippen LogP contribution in [-0.2, 0) is 10.1 Å². The summed E-state index contributed by atoms with van der Waals surface area (Å²) in [4.78, 5) is -0.490. The fraction of sp³-hybridized carbons (Fsp3) is 0. The smallest absolute Gasteiger partial charge is 0.295 e. The van der Waals surface area contributed by atoms with Crippen LogP contribution in [0.15, 0.2) is 23.1 Å². The Kier molecular flexibility index (Phi) is 2.25. The van der Waals surface area contributed by atoms with E-state index in [0.29, 0.717) is 11.1 Å².